The molecule has 0 aliphatic rings. The zero-order chi connectivity index (χ0) is 27.8. The average Bonchev–Trinajstić information content (AvgIpc) is 3.43. The van der Waals surface area contributed by atoms with Crippen LogP contribution < -0.4 is 20.1 Å². The number of nitrogens with one attached hydrogen (secondary N) is 3. The summed E-state index contributed by atoms with van der Waals surface area (Å²) in [6, 6.07) is 20.7. The van der Waals surface area contributed by atoms with Gasteiger partial charge in [-0.1, -0.05) is 42.5 Å². The molecule has 11 nitrogen and oxygen atoms in total. The summed E-state index contributed by atoms with van der Waals surface area (Å²) in [7, 11) is -1.60. The van der Waals surface area contributed by atoms with Crippen LogP contribution in [0.3, 0.4) is 0 Å². The Bertz CT molecular complexity index is 1540. The standard InChI is InChI=1S/C27H27N5O6S/c1-37-23-10-6-7-11-24(23)39(35,36)31-26(33)30-22(18-19-8-4-3-5-9-19)25-28-16-17-32(25)21-14-12-20(13-15-21)29-27(34)38-2/h3-17,22H,18H2,1-2H3,(H,29,34)(H2,30,31,33)/t22-/m0/s1. The minimum atomic E-state index is -4.23. The molecule has 0 spiro atoms. The number of hydrogen-bond donors (Lipinski definition) is 3. The van der Waals surface area contributed by atoms with E-state index in [1.54, 1.807) is 47.3 Å². The molecule has 4 rings (SSSR count). The van der Waals surface area contributed by atoms with Gasteiger partial charge in [0.1, 0.15) is 16.5 Å². The predicted octanol–water partition coefficient (Wildman–Crippen LogP) is 4.03. The van der Waals surface area contributed by atoms with E-state index in [1.807, 2.05) is 30.3 Å². The molecule has 3 amide bonds. The van der Waals surface area contributed by atoms with E-state index >= 15 is 0 Å². The first-order chi connectivity index (χ1) is 18.8. The number of aromatic nitrogens is 2. The topological polar surface area (TPSA) is 141 Å². The van der Waals surface area contributed by atoms with Gasteiger partial charge in [-0.05, 0) is 48.4 Å². The van der Waals surface area contributed by atoms with Crippen molar-refractivity contribution in [3.8, 4) is 11.4 Å². The number of carbonyl (C=O) groups excluding carboxylic acids is 2. The van der Waals surface area contributed by atoms with E-state index in [0.29, 0.717) is 23.6 Å². The first-order valence-corrected chi connectivity index (χ1v) is 13.3. The molecule has 1 aromatic heterocycles. The van der Waals surface area contributed by atoms with E-state index in [-0.39, 0.29) is 10.6 Å². The lowest BCUT2D eigenvalue weighted by Crippen LogP contribution is -2.42. The summed E-state index contributed by atoms with van der Waals surface area (Å²) in [5, 5.41) is 5.35. The second-order valence-electron chi connectivity index (χ2n) is 8.29. The number of sulfonamides is 1. The number of urea groups is 1. The van der Waals surface area contributed by atoms with Crippen LogP contribution in [0, 0.1) is 0 Å². The first-order valence-electron chi connectivity index (χ1n) is 11.8. The normalized spacial score (nSPS) is 11.7. The van der Waals surface area contributed by atoms with Crippen LogP contribution in [0.1, 0.15) is 17.4 Å². The third-order valence-electron chi connectivity index (χ3n) is 5.73. The van der Waals surface area contributed by atoms with Gasteiger partial charge in [0, 0.05) is 23.8 Å². The second kappa shape index (κ2) is 12.1. The molecule has 0 unspecified atom stereocenters. The van der Waals surface area contributed by atoms with Gasteiger partial charge in [0.05, 0.1) is 20.3 Å². The highest BCUT2D eigenvalue weighted by Gasteiger charge is 2.26. The van der Waals surface area contributed by atoms with Gasteiger partial charge in [0.25, 0.3) is 10.0 Å². The quantitative estimate of drug-likeness (QED) is 0.286. The van der Waals surface area contributed by atoms with Crippen molar-refractivity contribution in [1.82, 2.24) is 19.6 Å². The molecule has 0 aliphatic carbocycles. The zero-order valence-electron chi connectivity index (χ0n) is 21.2. The maximum atomic E-state index is 13.0. The zero-order valence-corrected chi connectivity index (χ0v) is 22.0. The molecule has 0 radical (unpaired) electrons. The second-order valence-corrected chi connectivity index (χ2v) is 9.94. The van der Waals surface area contributed by atoms with Crippen LogP contribution in [0.4, 0.5) is 15.3 Å². The molecule has 0 bridgehead atoms. The van der Waals surface area contributed by atoms with Gasteiger partial charge in [0.2, 0.25) is 0 Å². The Morgan fingerprint density at radius 1 is 0.949 bits per heavy atom. The molecule has 39 heavy (non-hydrogen) atoms. The molecule has 3 aromatic carbocycles. The third-order valence-corrected chi connectivity index (χ3v) is 7.10. The van der Waals surface area contributed by atoms with Crippen LogP contribution in [0.15, 0.2) is 96.2 Å². The van der Waals surface area contributed by atoms with Crippen LogP contribution in [-0.4, -0.2) is 44.3 Å². The highest BCUT2D eigenvalue weighted by atomic mass is 32.2. The van der Waals surface area contributed by atoms with Gasteiger partial charge in [-0.2, -0.15) is 0 Å². The summed E-state index contributed by atoms with van der Waals surface area (Å²) in [4.78, 5) is 28.8. The van der Waals surface area contributed by atoms with Crippen LogP contribution in [0.25, 0.3) is 5.69 Å². The average molecular weight is 550 g/mol. The lowest BCUT2D eigenvalue weighted by atomic mass is 10.1. The molecule has 0 saturated carbocycles. The maximum absolute atomic E-state index is 13.0. The number of methoxy groups -OCH3 is 2. The number of ether oxygens (including phenoxy) is 2. The van der Waals surface area contributed by atoms with Gasteiger partial charge in [-0.15, -0.1) is 0 Å². The molecular formula is C27H27N5O6S. The van der Waals surface area contributed by atoms with Crippen molar-refractivity contribution < 1.29 is 27.5 Å². The largest absolute Gasteiger partial charge is 0.495 e. The van der Waals surface area contributed by atoms with Crippen molar-refractivity contribution in [3.05, 3.63) is 103 Å². The molecule has 1 atom stereocenters. The highest BCUT2D eigenvalue weighted by molar-refractivity contribution is 7.90. The number of hydrogen-bond acceptors (Lipinski definition) is 7. The molecule has 1 heterocycles. The Kier molecular flexibility index (Phi) is 8.46. The summed E-state index contributed by atoms with van der Waals surface area (Å²) in [6.07, 6.45) is 3.05. The fourth-order valence-corrected chi connectivity index (χ4v) is 5.01. The predicted molar refractivity (Wildman–Crippen MR) is 144 cm³/mol. The SMILES string of the molecule is COC(=O)Nc1ccc(-n2ccnc2[C@H](Cc2ccccc2)NC(=O)NS(=O)(=O)c2ccccc2OC)cc1. The van der Waals surface area contributed by atoms with E-state index in [2.05, 4.69) is 25.1 Å². The highest BCUT2D eigenvalue weighted by Crippen LogP contribution is 2.24. The molecule has 202 valence electrons. The number of para-hydroxylation sites is 1. The van der Waals surface area contributed by atoms with Crippen molar-refractivity contribution in [2.75, 3.05) is 19.5 Å². The van der Waals surface area contributed by atoms with E-state index in [9.17, 15) is 18.0 Å². The molecule has 0 saturated heterocycles. The van der Waals surface area contributed by atoms with Gasteiger partial charge < -0.3 is 19.4 Å². The maximum Gasteiger partial charge on any atom is 0.411 e. The van der Waals surface area contributed by atoms with Crippen molar-refractivity contribution in [2.24, 2.45) is 0 Å². The van der Waals surface area contributed by atoms with Crippen molar-refractivity contribution in [2.45, 2.75) is 17.4 Å². The smallest absolute Gasteiger partial charge is 0.411 e. The van der Waals surface area contributed by atoms with Crippen LogP contribution in [0.5, 0.6) is 5.75 Å². The summed E-state index contributed by atoms with van der Waals surface area (Å²) in [6.45, 7) is 0. The van der Waals surface area contributed by atoms with E-state index in [4.69, 9.17) is 4.74 Å². The number of benzene rings is 3. The Morgan fingerprint density at radius 3 is 2.33 bits per heavy atom. The van der Waals surface area contributed by atoms with Gasteiger partial charge in [0.15, 0.2) is 0 Å². The number of carbonyl (C=O) groups is 2. The number of nitrogens with zero attached hydrogens (tertiary/aromatic N) is 2. The summed E-state index contributed by atoms with van der Waals surface area (Å²) in [5.74, 6) is 0.580. The molecular weight excluding hydrogens is 522 g/mol. The van der Waals surface area contributed by atoms with E-state index < -0.39 is 28.2 Å². The Labute approximate surface area is 225 Å². The van der Waals surface area contributed by atoms with Gasteiger partial charge in [-0.3, -0.25) is 5.32 Å². The summed E-state index contributed by atoms with van der Waals surface area (Å²) < 4.78 is 39.5. The van der Waals surface area contributed by atoms with Crippen molar-refractivity contribution >= 4 is 27.8 Å². The lowest BCUT2D eigenvalue weighted by Gasteiger charge is -2.21. The van der Waals surface area contributed by atoms with Crippen molar-refractivity contribution in [3.63, 3.8) is 0 Å². The Hall–Kier alpha value is -4.84. The van der Waals surface area contributed by atoms with Crippen LogP contribution >= 0.6 is 0 Å². The fourth-order valence-electron chi connectivity index (χ4n) is 3.93. The number of amides is 3. The van der Waals surface area contributed by atoms with Gasteiger partial charge in [-0.25, -0.2) is 27.7 Å². The van der Waals surface area contributed by atoms with Crippen LogP contribution in [0.2, 0.25) is 0 Å². The van der Waals surface area contributed by atoms with Gasteiger partial charge >= 0.3 is 12.1 Å². The number of anilines is 1. The Balaban J connectivity index is 1.61. The molecule has 3 N–H and O–H groups in total. The third kappa shape index (κ3) is 6.73. The molecule has 12 heteroatoms. The number of rotatable bonds is 9. The molecule has 0 fully saturated rings. The van der Waals surface area contributed by atoms with Crippen LogP contribution in [-0.2, 0) is 21.2 Å². The Morgan fingerprint density at radius 2 is 1.64 bits per heavy atom. The minimum absolute atomic E-state index is 0.110. The summed E-state index contributed by atoms with van der Waals surface area (Å²) in [5.41, 5.74) is 2.15. The minimum Gasteiger partial charge on any atom is -0.495 e. The first kappa shape index (κ1) is 27.2. The fraction of sp³-hybridized carbons (Fsp3) is 0.148. The monoisotopic (exact) mass is 549 g/mol. The van der Waals surface area contributed by atoms with E-state index in [1.165, 1.54) is 32.4 Å². The number of imidazole rings is 1. The molecule has 4 aromatic rings. The molecule has 0 aliphatic heterocycles. The van der Waals surface area contributed by atoms with E-state index in [0.717, 1.165) is 5.56 Å². The lowest BCUT2D eigenvalue weighted by molar-refractivity contribution is 0.187. The van der Waals surface area contributed by atoms with Crippen molar-refractivity contribution in [1.29, 1.82) is 0 Å². The summed E-state index contributed by atoms with van der Waals surface area (Å²) >= 11 is 0.